The Balaban J connectivity index is 2.42. The van der Waals surface area contributed by atoms with Crippen LogP contribution in [0.25, 0.3) is 0 Å². The molecule has 3 unspecified atom stereocenters. The summed E-state index contributed by atoms with van der Waals surface area (Å²) in [4.78, 5) is 0. The Bertz CT molecular complexity index is 258. The van der Waals surface area contributed by atoms with Gasteiger partial charge in [0, 0.05) is 12.6 Å². The second kappa shape index (κ2) is 8.88. The number of rotatable bonds is 8. The number of nitrogens with one attached hydrogen (secondary N) is 1. The van der Waals surface area contributed by atoms with Crippen molar-refractivity contribution in [3.63, 3.8) is 0 Å². The molecule has 1 N–H and O–H groups in total. The topological polar surface area (TPSA) is 21.3 Å². The monoisotopic (exact) mass is 295 g/mol. The van der Waals surface area contributed by atoms with Gasteiger partial charge in [-0.3, -0.25) is 0 Å². The van der Waals surface area contributed by atoms with Gasteiger partial charge in [0.05, 0.1) is 0 Å². The van der Waals surface area contributed by atoms with Crippen LogP contribution >= 0.6 is 0 Å². The Labute approximate surface area is 120 Å². The lowest BCUT2D eigenvalue weighted by atomic mass is 9.73. The maximum atomic E-state index is 12.1. The lowest BCUT2D eigenvalue weighted by molar-refractivity contribution is -0.174. The number of halogens is 3. The van der Waals surface area contributed by atoms with E-state index in [1.807, 2.05) is 6.92 Å². The predicted molar refractivity (Wildman–Crippen MR) is 74.7 cm³/mol. The van der Waals surface area contributed by atoms with Gasteiger partial charge in [-0.25, -0.2) is 0 Å². The zero-order valence-electron chi connectivity index (χ0n) is 12.6. The molecule has 0 aromatic carbocycles. The van der Waals surface area contributed by atoms with Gasteiger partial charge >= 0.3 is 6.18 Å². The first-order chi connectivity index (χ1) is 9.48. The van der Waals surface area contributed by atoms with Crippen LogP contribution < -0.4 is 5.32 Å². The molecule has 20 heavy (non-hydrogen) atoms. The van der Waals surface area contributed by atoms with Crippen LogP contribution in [0.4, 0.5) is 13.2 Å². The largest absolute Gasteiger partial charge is 0.411 e. The zero-order valence-corrected chi connectivity index (χ0v) is 12.6. The molecule has 3 atom stereocenters. The third-order valence-corrected chi connectivity index (χ3v) is 4.31. The van der Waals surface area contributed by atoms with Crippen molar-refractivity contribution in [3.8, 4) is 0 Å². The minimum atomic E-state index is -4.22. The second-order valence-corrected chi connectivity index (χ2v) is 5.74. The van der Waals surface area contributed by atoms with Crippen LogP contribution in [0.2, 0.25) is 0 Å². The molecule has 0 aromatic rings. The van der Waals surface area contributed by atoms with Crippen molar-refractivity contribution in [2.45, 2.75) is 64.6 Å². The molecule has 0 spiro atoms. The summed E-state index contributed by atoms with van der Waals surface area (Å²) in [7, 11) is 0. The highest BCUT2D eigenvalue weighted by molar-refractivity contribution is 4.84. The Kier molecular flexibility index (Phi) is 7.88. The average Bonchev–Trinajstić information content (AvgIpc) is 2.41. The predicted octanol–water partition coefficient (Wildman–Crippen LogP) is 4.15. The fourth-order valence-electron chi connectivity index (χ4n) is 3.40. The van der Waals surface area contributed by atoms with E-state index in [-0.39, 0.29) is 6.61 Å². The van der Waals surface area contributed by atoms with Gasteiger partial charge < -0.3 is 10.1 Å². The van der Waals surface area contributed by atoms with E-state index in [0.29, 0.717) is 24.3 Å². The smallest absolute Gasteiger partial charge is 0.372 e. The normalized spacial score (nSPS) is 25.6. The Morgan fingerprint density at radius 2 is 1.90 bits per heavy atom. The third-order valence-electron chi connectivity index (χ3n) is 4.31. The summed E-state index contributed by atoms with van der Waals surface area (Å²) in [5.74, 6) is 1.29. The summed E-state index contributed by atoms with van der Waals surface area (Å²) in [5, 5.41) is 3.45. The summed E-state index contributed by atoms with van der Waals surface area (Å²) < 4.78 is 40.9. The number of hydrogen-bond acceptors (Lipinski definition) is 2. The highest BCUT2D eigenvalue weighted by atomic mass is 19.4. The van der Waals surface area contributed by atoms with Crippen LogP contribution in [-0.2, 0) is 4.74 Å². The molecule has 5 heteroatoms. The molecule has 0 aromatic heterocycles. The fourth-order valence-corrected chi connectivity index (χ4v) is 3.40. The average molecular weight is 295 g/mol. The summed E-state index contributed by atoms with van der Waals surface area (Å²) in [5.41, 5.74) is 0. The van der Waals surface area contributed by atoms with Gasteiger partial charge in [0.15, 0.2) is 0 Å². The van der Waals surface area contributed by atoms with Crippen molar-refractivity contribution in [2.24, 2.45) is 11.8 Å². The lowest BCUT2D eigenvalue weighted by Crippen LogP contribution is -2.42. The number of hydrogen-bond donors (Lipinski definition) is 1. The lowest BCUT2D eigenvalue weighted by Gasteiger charge is -2.37. The van der Waals surface area contributed by atoms with Crippen LogP contribution in [0, 0.1) is 11.8 Å². The fraction of sp³-hybridized carbons (Fsp3) is 1.00. The first-order valence-electron chi connectivity index (χ1n) is 7.85. The van der Waals surface area contributed by atoms with Crippen molar-refractivity contribution < 1.29 is 17.9 Å². The minimum Gasteiger partial charge on any atom is -0.372 e. The molecule has 0 amide bonds. The van der Waals surface area contributed by atoms with Crippen LogP contribution in [0.1, 0.15) is 52.4 Å². The molecule has 1 saturated carbocycles. The molecular formula is C15H28F3NO. The molecule has 0 aliphatic heterocycles. The summed E-state index contributed by atoms with van der Waals surface area (Å²) in [6, 6.07) is 0.290. The number of ether oxygens (including phenoxy) is 1. The summed E-state index contributed by atoms with van der Waals surface area (Å²) >= 11 is 0. The van der Waals surface area contributed by atoms with Crippen molar-refractivity contribution in [1.82, 2.24) is 5.32 Å². The standard InChI is InChI=1S/C15H28F3NO/c1-3-12-7-5-6-8-13(12)14(19-4-2)9-10-20-11-15(16,17)18/h12-14,19H,3-11H2,1-2H3. The van der Waals surface area contributed by atoms with Gasteiger partial charge in [-0.2, -0.15) is 13.2 Å². The van der Waals surface area contributed by atoms with Gasteiger partial charge in [0.1, 0.15) is 6.61 Å². The quantitative estimate of drug-likeness (QED) is 0.679. The molecule has 1 rings (SSSR count). The van der Waals surface area contributed by atoms with Gasteiger partial charge in [-0.15, -0.1) is 0 Å². The van der Waals surface area contributed by atoms with Gasteiger partial charge in [-0.05, 0) is 31.2 Å². The third kappa shape index (κ3) is 6.44. The second-order valence-electron chi connectivity index (χ2n) is 5.74. The van der Waals surface area contributed by atoms with Crippen molar-refractivity contribution >= 4 is 0 Å². The molecule has 2 nitrogen and oxygen atoms in total. The molecule has 0 radical (unpaired) electrons. The van der Waals surface area contributed by atoms with E-state index in [1.54, 1.807) is 0 Å². The molecule has 0 bridgehead atoms. The van der Waals surface area contributed by atoms with Gasteiger partial charge in [-0.1, -0.05) is 39.5 Å². The molecular weight excluding hydrogens is 267 g/mol. The van der Waals surface area contributed by atoms with Crippen molar-refractivity contribution in [1.29, 1.82) is 0 Å². The van der Waals surface area contributed by atoms with E-state index in [0.717, 1.165) is 13.0 Å². The van der Waals surface area contributed by atoms with Gasteiger partial charge in [0.2, 0.25) is 0 Å². The Morgan fingerprint density at radius 1 is 1.20 bits per heavy atom. The number of alkyl halides is 3. The summed E-state index contributed by atoms with van der Waals surface area (Å²) in [6.45, 7) is 4.17. The van der Waals surface area contributed by atoms with E-state index in [2.05, 4.69) is 12.2 Å². The van der Waals surface area contributed by atoms with Crippen LogP contribution in [0.3, 0.4) is 0 Å². The van der Waals surface area contributed by atoms with Gasteiger partial charge in [0.25, 0.3) is 0 Å². The van der Waals surface area contributed by atoms with E-state index < -0.39 is 12.8 Å². The first-order valence-corrected chi connectivity index (χ1v) is 7.85. The molecule has 120 valence electrons. The SMILES string of the molecule is CCNC(CCOCC(F)(F)F)C1CCCCC1CC. The Hall–Kier alpha value is -0.290. The van der Waals surface area contributed by atoms with Crippen LogP contribution in [0.5, 0.6) is 0 Å². The maximum Gasteiger partial charge on any atom is 0.411 e. The zero-order chi connectivity index (χ0) is 15.0. The molecule has 0 saturated heterocycles. The molecule has 1 aliphatic rings. The van der Waals surface area contributed by atoms with Crippen molar-refractivity contribution in [2.75, 3.05) is 19.8 Å². The van der Waals surface area contributed by atoms with E-state index in [1.165, 1.54) is 25.7 Å². The Morgan fingerprint density at radius 3 is 2.50 bits per heavy atom. The molecule has 1 fully saturated rings. The molecule has 0 heterocycles. The maximum absolute atomic E-state index is 12.1. The van der Waals surface area contributed by atoms with Crippen LogP contribution in [-0.4, -0.2) is 32.0 Å². The van der Waals surface area contributed by atoms with E-state index in [4.69, 9.17) is 4.74 Å². The molecule has 1 aliphatic carbocycles. The van der Waals surface area contributed by atoms with E-state index in [9.17, 15) is 13.2 Å². The minimum absolute atomic E-state index is 0.185. The highest BCUT2D eigenvalue weighted by Crippen LogP contribution is 2.35. The first kappa shape index (κ1) is 17.8. The van der Waals surface area contributed by atoms with Crippen molar-refractivity contribution in [3.05, 3.63) is 0 Å². The van der Waals surface area contributed by atoms with E-state index >= 15 is 0 Å². The highest BCUT2D eigenvalue weighted by Gasteiger charge is 2.31. The van der Waals surface area contributed by atoms with Crippen LogP contribution in [0.15, 0.2) is 0 Å². The summed E-state index contributed by atoms with van der Waals surface area (Å²) in [6.07, 6.45) is 2.60.